The Kier molecular flexibility index (Phi) is 5.10. The molecule has 1 fully saturated rings. The van der Waals surface area contributed by atoms with Crippen molar-refractivity contribution in [1.29, 1.82) is 0 Å². The van der Waals surface area contributed by atoms with Gasteiger partial charge in [0.05, 0.1) is 16.9 Å². The third kappa shape index (κ3) is 3.14. The van der Waals surface area contributed by atoms with Crippen molar-refractivity contribution in [3.8, 4) is 0 Å². The average molecular weight is 458 g/mol. The van der Waals surface area contributed by atoms with Crippen molar-refractivity contribution < 1.29 is 9.59 Å². The molecule has 2 aromatic carbocycles. The first kappa shape index (κ1) is 21.2. The summed E-state index contributed by atoms with van der Waals surface area (Å²) < 4.78 is 2.19. The summed E-state index contributed by atoms with van der Waals surface area (Å²) >= 11 is 0. The molecule has 7 nitrogen and oxygen atoms in total. The normalized spacial score (nSPS) is 20.4. The lowest BCUT2D eigenvalue weighted by Gasteiger charge is -2.46. The van der Waals surface area contributed by atoms with Crippen molar-refractivity contribution in [3.63, 3.8) is 0 Å². The molecule has 0 aliphatic carbocycles. The zero-order chi connectivity index (χ0) is 23.4. The first-order valence-electron chi connectivity index (χ1n) is 12.3. The van der Waals surface area contributed by atoms with E-state index in [0.29, 0.717) is 13.1 Å². The maximum Gasteiger partial charge on any atom is 0.257 e. The van der Waals surface area contributed by atoms with Gasteiger partial charge in [-0.25, -0.2) is 0 Å². The number of hydrogen-bond donors (Lipinski definition) is 0. The van der Waals surface area contributed by atoms with Crippen LogP contribution in [0.1, 0.15) is 34.7 Å². The van der Waals surface area contributed by atoms with Gasteiger partial charge in [-0.1, -0.05) is 37.3 Å². The molecule has 1 aromatic heterocycles. The Morgan fingerprint density at radius 2 is 1.71 bits per heavy atom. The molecule has 0 bridgehead atoms. The second-order valence-electron chi connectivity index (χ2n) is 9.53. The van der Waals surface area contributed by atoms with E-state index in [1.54, 1.807) is 0 Å². The van der Waals surface area contributed by atoms with E-state index in [1.165, 1.54) is 10.9 Å². The number of benzene rings is 2. The van der Waals surface area contributed by atoms with Gasteiger partial charge in [-0.2, -0.15) is 0 Å². The zero-order valence-corrected chi connectivity index (χ0v) is 19.9. The van der Waals surface area contributed by atoms with Gasteiger partial charge < -0.3 is 24.2 Å². The number of para-hydroxylation sites is 2. The summed E-state index contributed by atoms with van der Waals surface area (Å²) in [6.07, 6.45) is 0.577. The number of rotatable bonds is 3. The van der Waals surface area contributed by atoms with E-state index in [2.05, 4.69) is 46.5 Å². The summed E-state index contributed by atoms with van der Waals surface area (Å²) in [7, 11) is 2.06. The highest BCUT2D eigenvalue weighted by molar-refractivity contribution is 6.02. The van der Waals surface area contributed by atoms with E-state index < -0.39 is 0 Å². The number of nitrogens with zero attached hydrogens (tertiary/aromatic N) is 5. The number of likely N-dealkylation sites (N-methyl/N-ethyl adjacent to an activating group) is 1. The summed E-state index contributed by atoms with van der Waals surface area (Å²) in [5.74, 6) is 0.227. The quantitative estimate of drug-likeness (QED) is 0.607. The van der Waals surface area contributed by atoms with Crippen molar-refractivity contribution in [2.45, 2.75) is 26.1 Å². The van der Waals surface area contributed by atoms with Gasteiger partial charge in [0.15, 0.2) is 0 Å². The van der Waals surface area contributed by atoms with E-state index in [1.807, 2.05) is 40.1 Å². The lowest BCUT2D eigenvalue weighted by molar-refractivity contribution is -0.133. The van der Waals surface area contributed by atoms with E-state index in [0.717, 1.165) is 61.6 Å². The first-order chi connectivity index (χ1) is 16.6. The number of piperazine rings is 1. The van der Waals surface area contributed by atoms with Crippen molar-refractivity contribution in [3.05, 3.63) is 65.4 Å². The standard InChI is InChI=1S/C27H31N5O2/c1-3-29-14-16-30(17-15-29)24(33)18-32-23-11-7-4-8-19(23)20-12-13-31-26(25(20)32)28(2)22-10-6-5-9-21(22)27(31)34/h4-11,26H,3,12-18H2,1-2H3/t26-/m1/s1. The van der Waals surface area contributed by atoms with Crippen molar-refractivity contribution >= 4 is 28.4 Å². The lowest BCUT2D eigenvalue weighted by atomic mass is 9.96. The highest BCUT2D eigenvalue weighted by Gasteiger charge is 2.43. The predicted molar refractivity (Wildman–Crippen MR) is 133 cm³/mol. The third-order valence-corrected chi connectivity index (χ3v) is 7.87. The Balaban J connectivity index is 1.43. The molecule has 34 heavy (non-hydrogen) atoms. The molecule has 7 heteroatoms. The van der Waals surface area contributed by atoms with Crippen molar-refractivity contribution in [2.24, 2.45) is 0 Å². The number of anilines is 1. The molecule has 4 heterocycles. The molecular formula is C27H31N5O2. The fraction of sp³-hybridized carbons (Fsp3) is 0.407. The van der Waals surface area contributed by atoms with E-state index in [4.69, 9.17) is 0 Å². The van der Waals surface area contributed by atoms with Gasteiger partial charge in [0, 0.05) is 50.7 Å². The van der Waals surface area contributed by atoms with Gasteiger partial charge in [0.2, 0.25) is 5.91 Å². The number of amides is 2. The van der Waals surface area contributed by atoms with Crippen LogP contribution in [0.5, 0.6) is 0 Å². The van der Waals surface area contributed by atoms with Gasteiger partial charge in [-0.05, 0) is 36.7 Å². The Bertz CT molecular complexity index is 1270. The maximum absolute atomic E-state index is 13.5. The molecule has 176 valence electrons. The molecule has 3 aliphatic heterocycles. The van der Waals surface area contributed by atoms with Crippen LogP contribution in [0.3, 0.4) is 0 Å². The van der Waals surface area contributed by atoms with Crippen molar-refractivity contribution in [1.82, 2.24) is 19.3 Å². The molecule has 0 radical (unpaired) electrons. The number of hydrogen-bond acceptors (Lipinski definition) is 4. The monoisotopic (exact) mass is 457 g/mol. The van der Waals surface area contributed by atoms with Gasteiger partial charge in [-0.3, -0.25) is 9.59 Å². The first-order valence-corrected chi connectivity index (χ1v) is 12.3. The molecule has 0 spiro atoms. The summed E-state index contributed by atoms with van der Waals surface area (Å²) in [5, 5.41) is 1.19. The maximum atomic E-state index is 13.5. The minimum atomic E-state index is -0.219. The lowest BCUT2D eigenvalue weighted by Crippen LogP contribution is -2.52. The molecule has 0 saturated carbocycles. The number of carbonyl (C=O) groups is 2. The molecular weight excluding hydrogens is 426 g/mol. The van der Waals surface area contributed by atoms with Crippen LogP contribution in [0.2, 0.25) is 0 Å². The number of carbonyl (C=O) groups excluding carboxylic acids is 2. The van der Waals surface area contributed by atoms with Crippen molar-refractivity contribution in [2.75, 3.05) is 51.2 Å². The van der Waals surface area contributed by atoms with Gasteiger partial charge in [-0.15, -0.1) is 0 Å². The van der Waals surface area contributed by atoms with Crippen LogP contribution < -0.4 is 4.90 Å². The molecule has 3 aromatic rings. The second kappa shape index (κ2) is 8.17. The molecule has 1 atom stereocenters. The van der Waals surface area contributed by atoms with Crippen LogP contribution in [-0.4, -0.2) is 77.4 Å². The van der Waals surface area contributed by atoms with E-state index in [-0.39, 0.29) is 18.0 Å². The largest absolute Gasteiger partial charge is 0.349 e. The Morgan fingerprint density at radius 1 is 0.971 bits per heavy atom. The topological polar surface area (TPSA) is 52.0 Å². The minimum absolute atomic E-state index is 0.0724. The van der Waals surface area contributed by atoms with Crippen LogP contribution in [-0.2, 0) is 17.8 Å². The third-order valence-electron chi connectivity index (χ3n) is 7.87. The summed E-state index contributed by atoms with van der Waals surface area (Å²) in [4.78, 5) is 35.5. The van der Waals surface area contributed by atoms with Crippen LogP contribution in [0.4, 0.5) is 5.69 Å². The summed E-state index contributed by atoms with van der Waals surface area (Å²) in [6.45, 7) is 7.57. The predicted octanol–water partition coefficient (Wildman–Crippen LogP) is 2.95. The molecule has 0 N–H and O–H groups in total. The van der Waals surface area contributed by atoms with Crippen LogP contribution in [0.15, 0.2) is 48.5 Å². The number of aromatic nitrogens is 1. The van der Waals surface area contributed by atoms with E-state index in [9.17, 15) is 9.59 Å². The van der Waals surface area contributed by atoms with Crippen LogP contribution >= 0.6 is 0 Å². The fourth-order valence-corrected chi connectivity index (χ4v) is 6.03. The number of fused-ring (bicyclic) bond motifs is 6. The van der Waals surface area contributed by atoms with Gasteiger partial charge in [0.1, 0.15) is 12.7 Å². The Labute approximate surface area is 200 Å². The highest BCUT2D eigenvalue weighted by Crippen LogP contribution is 2.44. The summed E-state index contributed by atoms with van der Waals surface area (Å²) in [5.41, 5.74) is 5.12. The molecule has 3 aliphatic rings. The van der Waals surface area contributed by atoms with Crippen LogP contribution in [0, 0.1) is 0 Å². The molecule has 6 rings (SSSR count). The smallest absolute Gasteiger partial charge is 0.257 e. The highest BCUT2D eigenvalue weighted by atomic mass is 16.2. The van der Waals surface area contributed by atoms with E-state index >= 15 is 0 Å². The van der Waals surface area contributed by atoms with Gasteiger partial charge >= 0.3 is 0 Å². The fourth-order valence-electron chi connectivity index (χ4n) is 6.03. The second-order valence-corrected chi connectivity index (χ2v) is 9.53. The SMILES string of the molecule is CCN1CCN(C(=O)Cn2c3c(c4ccccc42)CCN2C(=O)c4ccccc4N(C)[C@@H]32)CC1. The Hall–Kier alpha value is -3.32. The van der Waals surface area contributed by atoms with Crippen LogP contribution in [0.25, 0.3) is 10.9 Å². The Morgan fingerprint density at radius 3 is 2.50 bits per heavy atom. The molecule has 0 unspecified atom stereocenters. The van der Waals surface area contributed by atoms with Gasteiger partial charge in [0.25, 0.3) is 5.91 Å². The summed E-state index contributed by atoms with van der Waals surface area (Å²) in [6, 6.07) is 16.2. The average Bonchev–Trinajstić information content (AvgIpc) is 3.20. The zero-order valence-electron chi connectivity index (χ0n) is 19.9. The minimum Gasteiger partial charge on any atom is -0.349 e. The molecule has 2 amide bonds. The molecule has 1 saturated heterocycles.